The van der Waals surface area contributed by atoms with Gasteiger partial charge in [0.15, 0.2) is 0 Å². The molecular formula is C12H21N5O. The van der Waals surface area contributed by atoms with Gasteiger partial charge in [-0.05, 0) is 12.8 Å². The van der Waals surface area contributed by atoms with Crippen LogP contribution < -0.4 is 5.73 Å². The summed E-state index contributed by atoms with van der Waals surface area (Å²) in [4.78, 5) is 2.36. The predicted octanol–water partition coefficient (Wildman–Crippen LogP) is -0.148. The van der Waals surface area contributed by atoms with Gasteiger partial charge in [-0.25, -0.2) is 0 Å². The second kappa shape index (κ2) is 4.95. The molecule has 1 aromatic heterocycles. The van der Waals surface area contributed by atoms with Gasteiger partial charge in [0.2, 0.25) is 0 Å². The third-order valence-corrected chi connectivity index (χ3v) is 4.01. The van der Waals surface area contributed by atoms with E-state index in [1.165, 1.54) is 0 Å². The Labute approximate surface area is 107 Å². The lowest BCUT2D eigenvalue weighted by Crippen LogP contribution is -2.37. The van der Waals surface area contributed by atoms with Crippen molar-refractivity contribution in [1.82, 2.24) is 19.7 Å². The van der Waals surface area contributed by atoms with E-state index in [0.29, 0.717) is 12.0 Å². The molecule has 0 amide bonds. The highest BCUT2D eigenvalue weighted by Gasteiger charge is 2.31. The van der Waals surface area contributed by atoms with Gasteiger partial charge in [0.25, 0.3) is 0 Å². The lowest BCUT2D eigenvalue weighted by molar-refractivity contribution is 0.0326. The van der Waals surface area contributed by atoms with Crippen molar-refractivity contribution in [2.24, 2.45) is 12.8 Å². The van der Waals surface area contributed by atoms with Gasteiger partial charge < -0.3 is 15.0 Å². The Morgan fingerprint density at radius 3 is 2.67 bits per heavy atom. The topological polar surface area (TPSA) is 69.2 Å². The average molecular weight is 251 g/mol. The number of rotatable bonds is 3. The summed E-state index contributed by atoms with van der Waals surface area (Å²) in [5.41, 5.74) is 5.83. The molecule has 6 heteroatoms. The Hall–Kier alpha value is -0.980. The molecule has 2 N–H and O–H groups in total. The van der Waals surface area contributed by atoms with Crippen molar-refractivity contribution in [2.45, 2.75) is 31.3 Å². The van der Waals surface area contributed by atoms with Gasteiger partial charge in [0.1, 0.15) is 11.6 Å². The summed E-state index contributed by atoms with van der Waals surface area (Å²) in [5, 5.41) is 8.66. The van der Waals surface area contributed by atoms with Gasteiger partial charge in [-0.1, -0.05) is 0 Å². The van der Waals surface area contributed by atoms with Crippen LogP contribution in [0.5, 0.6) is 0 Å². The van der Waals surface area contributed by atoms with Crippen LogP contribution in [0.3, 0.4) is 0 Å². The first-order valence-electron chi connectivity index (χ1n) is 6.68. The molecule has 0 bridgehead atoms. The van der Waals surface area contributed by atoms with Gasteiger partial charge in [-0.2, -0.15) is 0 Å². The van der Waals surface area contributed by atoms with Crippen molar-refractivity contribution < 1.29 is 4.74 Å². The molecule has 0 aromatic carbocycles. The predicted molar refractivity (Wildman–Crippen MR) is 67.0 cm³/mol. The van der Waals surface area contributed by atoms with Crippen LogP contribution in [0.2, 0.25) is 0 Å². The molecule has 1 saturated heterocycles. The standard InChI is InChI=1S/C12H21N5O/c1-16-11(8-17-2-4-18-5-3-17)14-15-12(16)9-6-10(13)7-9/h9-10H,2-8,13H2,1H3. The van der Waals surface area contributed by atoms with E-state index in [1.54, 1.807) is 0 Å². The molecule has 0 unspecified atom stereocenters. The van der Waals surface area contributed by atoms with E-state index in [0.717, 1.165) is 57.3 Å². The first-order chi connectivity index (χ1) is 8.74. The molecule has 0 atom stereocenters. The van der Waals surface area contributed by atoms with Crippen LogP contribution in [0.1, 0.15) is 30.4 Å². The maximum absolute atomic E-state index is 5.83. The second-order valence-corrected chi connectivity index (χ2v) is 5.35. The summed E-state index contributed by atoms with van der Waals surface area (Å²) in [6.07, 6.45) is 2.09. The SMILES string of the molecule is Cn1c(CN2CCOCC2)nnc1C1CC(N)C1. The molecule has 100 valence electrons. The fourth-order valence-electron chi connectivity index (χ4n) is 2.70. The van der Waals surface area contributed by atoms with Gasteiger partial charge in [0, 0.05) is 32.1 Å². The monoisotopic (exact) mass is 251 g/mol. The van der Waals surface area contributed by atoms with E-state index in [-0.39, 0.29) is 0 Å². The first-order valence-corrected chi connectivity index (χ1v) is 6.68. The van der Waals surface area contributed by atoms with Crippen LogP contribution in [0, 0.1) is 0 Å². The molecule has 1 aromatic rings. The summed E-state index contributed by atoms with van der Waals surface area (Å²) in [5.74, 6) is 2.66. The van der Waals surface area contributed by atoms with E-state index in [1.807, 2.05) is 0 Å². The van der Waals surface area contributed by atoms with Crippen molar-refractivity contribution >= 4 is 0 Å². The Bertz CT molecular complexity index is 407. The Kier molecular flexibility index (Phi) is 3.32. The quantitative estimate of drug-likeness (QED) is 0.809. The van der Waals surface area contributed by atoms with Crippen LogP contribution in [0.25, 0.3) is 0 Å². The van der Waals surface area contributed by atoms with Gasteiger partial charge in [0.05, 0.1) is 19.8 Å². The molecule has 2 heterocycles. The minimum Gasteiger partial charge on any atom is -0.379 e. The zero-order valence-corrected chi connectivity index (χ0v) is 10.9. The molecule has 2 fully saturated rings. The van der Waals surface area contributed by atoms with E-state index in [9.17, 15) is 0 Å². The molecule has 0 spiro atoms. The van der Waals surface area contributed by atoms with E-state index in [4.69, 9.17) is 10.5 Å². The van der Waals surface area contributed by atoms with Crippen LogP contribution in [0.4, 0.5) is 0 Å². The molecule has 2 aliphatic rings. The summed E-state index contributed by atoms with van der Waals surface area (Å²) < 4.78 is 7.50. The summed E-state index contributed by atoms with van der Waals surface area (Å²) >= 11 is 0. The third-order valence-electron chi connectivity index (χ3n) is 4.01. The largest absolute Gasteiger partial charge is 0.379 e. The minimum absolute atomic E-state index is 0.356. The van der Waals surface area contributed by atoms with Crippen LogP contribution >= 0.6 is 0 Å². The van der Waals surface area contributed by atoms with Gasteiger partial charge >= 0.3 is 0 Å². The molecule has 1 saturated carbocycles. The van der Waals surface area contributed by atoms with Gasteiger partial charge in [-0.15, -0.1) is 10.2 Å². The third kappa shape index (κ3) is 2.28. The zero-order chi connectivity index (χ0) is 12.5. The number of hydrogen-bond donors (Lipinski definition) is 1. The molecule has 1 aliphatic heterocycles. The lowest BCUT2D eigenvalue weighted by atomic mass is 9.80. The fraction of sp³-hybridized carbons (Fsp3) is 0.833. The van der Waals surface area contributed by atoms with Crippen molar-refractivity contribution in [1.29, 1.82) is 0 Å². The molecule has 3 rings (SSSR count). The normalized spacial score (nSPS) is 29.2. The summed E-state index contributed by atoms with van der Waals surface area (Å²) in [6.45, 7) is 4.48. The van der Waals surface area contributed by atoms with Crippen LogP contribution in [0.15, 0.2) is 0 Å². The number of ether oxygens (including phenoxy) is 1. The summed E-state index contributed by atoms with van der Waals surface area (Å²) in [6, 6.07) is 0.356. The zero-order valence-electron chi connectivity index (χ0n) is 10.9. The molecular weight excluding hydrogens is 230 g/mol. The van der Waals surface area contributed by atoms with E-state index in [2.05, 4.69) is 26.7 Å². The lowest BCUT2D eigenvalue weighted by Gasteiger charge is -2.31. The smallest absolute Gasteiger partial charge is 0.146 e. The Morgan fingerprint density at radius 1 is 1.28 bits per heavy atom. The Balaban J connectivity index is 1.65. The number of hydrogen-bond acceptors (Lipinski definition) is 5. The molecule has 18 heavy (non-hydrogen) atoms. The average Bonchev–Trinajstić information content (AvgIpc) is 2.69. The summed E-state index contributed by atoms with van der Waals surface area (Å²) in [7, 11) is 2.06. The highest BCUT2D eigenvalue weighted by molar-refractivity contribution is 5.08. The van der Waals surface area contributed by atoms with Crippen molar-refractivity contribution in [3.8, 4) is 0 Å². The minimum atomic E-state index is 0.356. The van der Waals surface area contributed by atoms with E-state index < -0.39 is 0 Å². The van der Waals surface area contributed by atoms with Crippen molar-refractivity contribution in [3.05, 3.63) is 11.6 Å². The van der Waals surface area contributed by atoms with Crippen LogP contribution in [-0.4, -0.2) is 52.0 Å². The highest BCUT2D eigenvalue weighted by atomic mass is 16.5. The maximum Gasteiger partial charge on any atom is 0.146 e. The molecule has 6 nitrogen and oxygen atoms in total. The van der Waals surface area contributed by atoms with Gasteiger partial charge in [-0.3, -0.25) is 4.90 Å². The fourth-order valence-corrected chi connectivity index (χ4v) is 2.70. The van der Waals surface area contributed by atoms with E-state index >= 15 is 0 Å². The Morgan fingerprint density at radius 2 is 2.00 bits per heavy atom. The number of morpholine rings is 1. The number of nitrogens with zero attached hydrogens (tertiary/aromatic N) is 4. The number of nitrogens with two attached hydrogens (primary N) is 1. The molecule has 1 aliphatic carbocycles. The van der Waals surface area contributed by atoms with Crippen molar-refractivity contribution in [3.63, 3.8) is 0 Å². The second-order valence-electron chi connectivity index (χ2n) is 5.35. The number of aromatic nitrogens is 3. The maximum atomic E-state index is 5.83. The first kappa shape index (κ1) is 12.1. The highest BCUT2D eigenvalue weighted by Crippen LogP contribution is 2.34. The van der Waals surface area contributed by atoms with Crippen molar-refractivity contribution in [2.75, 3.05) is 26.3 Å². The van der Waals surface area contributed by atoms with Crippen LogP contribution in [-0.2, 0) is 18.3 Å². The molecule has 0 radical (unpaired) electrons.